The largest absolute Gasteiger partial charge is 0.397 e. The highest BCUT2D eigenvalue weighted by atomic mass is 28.2. The molecule has 140 valence electrons. The number of rotatable bonds is 8. The Kier molecular flexibility index (Phi) is 8.03. The van der Waals surface area contributed by atoms with E-state index in [-0.39, 0.29) is 18.9 Å². The molecule has 0 radical (unpaired) electrons. The van der Waals surface area contributed by atoms with Crippen LogP contribution in [0.4, 0.5) is 5.69 Å². The number of anilines is 1. The Morgan fingerprint density at radius 1 is 1.16 bits per heavy atom. The van der Waals surface area contributed by atoms with E-state index in [0.29, 0.717) is 5.92 Å². The van der Waals surface area contributed by atoms with Crippen molar-refractivity contribution in [1.29, 1.82) is 0 Å². The molecule has 1 aliphatic rings. The lowest BCUT2D eigenvalue weighted by molar-refractivity contribution is -0.123. The quantitative estimate of drug-likeness (QED) is 0.322. The SMILES string of the molecule is CC(C)C[C@H](N([SiH3])c1ccccc1)C1(O)OO1.NC(=O)CCC(N)=O. The van der Waals surface area contributed by atoms with Gasteiger partial charge in [0.2, 0.25) is 11.8 Å². The van der Waals surface area contributed by atoms with Crippen LogP contribution in [0.5, 0.6) is 0 Å². The van der Waals surface area contributed by atoms with Crippen LogP contribution in [0.1, 0.15) is 33.1 Å². The average Bonchev–Trinajstić information content (AvgIpc) is 3.30. The number of hydrogen-bond donors (Lipinski definition) is 3. The Bertz CT molecular complexity index is 552. The molecule has 1 heterocycles. The van der Waals surface area contributed by atoms with Gasteiger partial charge >= 0.3 is 5.97 Å². The normalized spacial score (nSPS) is 15.8. The lowest BCUT2D eigenvalue weighted by atomic mass is 10.0. The van der Waals surface area contributed by atoms with Crippen LogP contribution in [0.25, 0.3) is 0 Å². The van der Waals surface area contributed by atoms with Crippen LogP contribution in [-0.2, 0) is 19.4 Å². The molecule has 1 aliphatic heterocycles. The van der Waals surface area contributed by atoms with E-state index in [1.165, 1.54) is 0 Å². The van der Waals surface area contributed by atoms with Crippen LogP contribution in [-0.4, -0.2) is 39.3 Å². The summed E-state index contributed by atoms with van der Waals surface area (Å²) in [6, 6.07) is 9.89. The molecule has 0 spiro atoms. The topological polar surface area (TPSA) is 135 Å². The van der Waals surface area contributed by atoms with Gasteiger partial charge < -0.3 is 21.1 Å². The standard InChI is InChI=1S/C12H19NO3Si.C4H8N2O2/c1-9(2)8-11(12(14)15-16-12)13(17)10-6-4-3-5-7-10;5-3(7)1-2-4(6)8/h3-7,9,11,14H,8H2,1-2,17H3;1-2H2,(H2,5,7)(H2,6,8)/t11-;/m0./s1. The molecule has 0 aliphatic carbocycles. The number of primary amides is 2. The maximum atomic E-state index is 10.0. The van der Waals surface area contributed by atoms with E-state index in [4.69, 9.17) is 21.2 Å². The van der Waals surface area contributed by atoms with Gasteiger partial charge in [-0.05, 0) is 24.5 Å². The van der Waals surface area contributed by atoms with Gasteiger partial charge in [0.1, 0.15) is 16.4 Å². The van der Waals surface area contributed by atoms with Crippen molar-refractivity contribution in [3.05, 3.63) is 30.3 Å². The van der Waals surface area contributed by atoms with Crippen molar-refractivity contribution < 1.29 is 24.5 Å². The summed E-state index contributed by atoms with van der Waals surface area (Å²) in [5.74, 6) is -1.94. The molecular formula is C16H27N3O5Si. The first-order chi connectivity index (χ1) is 11.7. The summed E-state index contributed by atoms with van der Waals surface area (Å²) in [7, 11) is 0.799. The summed E-state index contributed by atoms with van der Waals surface area (Å²) >= 11 is 0. The van der Waals surface area contributed by atoms with E-state index in [1.54, 1.807) is 0 Å². The number of aliphatic hydroxyl groups is 1. The smallest absolute Gasteiger partial charge is 0.357 e. The van der Waals surface area contributed by atoms with Crippen molar-refractivity contribution in [2.45, 2.75) is 45.1 Å². The Labute approximate surface area is 150 Å². The van der Waals surface area contributed by atoms with Gasteiger partial charge in [0.15, 0.2) is 0 Å². The van der Waals surface area contributed by atoms with E-state index >= 15 is 0 Å². The molecule has 9 heteroatoms. The number of carbonyl (C=O) groups is 2. The molecule has 0 saturated carbocycles. The Hall–Kier alpha value is -1.94. The van der Waals surface area contributed by atoms with E-state index < -0.39 is 17.8 Å². The molecule has 2 rings (SSSR count). The lowest BCUT2D eigenvalue weighted by Crippen LogP contribution is -2.45. The van der Waals surface area contributed by atoms with Crippen molar-refractivity contribution in [2.24, 2.45) is 17.4 Å². The fourth-order valence-electron chi connectivity index (χ4n) is 2.24. The van der Waals surface area contributed by atoms with Crippen molar-refractivity contribution in [2.75, 3.05) is 4.57 Å². The van der Waals surface area contributed by atoms with Gasteiger partial charge in [-0.3, -0.25) is 9.59 Å². The minimum atomic E-state index is -1.41. The van der Waals surface area contributed by atoms with Gasteiger partial charge in [-0.1, -0.05) is 32.0 Å². The van der Waals surface area contributed by atoms with Crippen molar-refractivity contribution in [3.63, 3.8) is 0 Å². The summed E-state index contributed by atoms with van der Waals surface area (Å²) < 4.78 is 2.13. The minimum Gasteiger partial charge on any atom is -0.397 e. The molecule has 25 heavy (non-hydrogen) atoms. The molecule has 1 atom stereocenters. The fraction of sp³-hybridized carbons (Fsp3) is 0.500. The molecule has 1 aromatic carbocycles. The van der Waals surface area contributed by atoms with Crippen molar-refractivity contribution >= 4 is 27.9 Å². The van der Waals surface area contributed by atoms with Crippen molar-refractivity contribution in [3.8, 4) is 0 Å². The number of amides is 2. The first kappa shape index (κ1) is 21.1. The second-order valence-electron chi connectivity index (χ2n) is 6.32. The van der Waals surface area contributed by atoms with Crippen LogP contribution in [0.2, 0.25) is 0 Å². The van der Waals surface area contributed by atoms with Gasteiger partial charge in [0.05, 0.1) is 0 Å². The van der Waals surface area contributed by atoms with Gasteiger partial charge in [0.25, 0.3) is 0 Å². The Balaban J connectivity index is 0.000000333. The third kappa shape index (κ3) is 7.65. The van der Waals surface area contributed by atoms with E-state index in [0.717, 1.165) is 22.5 Å². The maximum Gasteiger partial charge on any atom is 0.357 e. The number of nitrogens with two attached hydrogens (primary N) is 2. The van der Waals surface area contributed by atoms with Crippen molar-refractivity contribution in [1.82, 2.24) is 0 Å². The van der Waals surface area contributed by atoms with E-state index in [9.17, 15) is 14.7 Å². The number of nitrogens with zero attached hydrogens (tertiary/aromatic N) is 1. The third-order valence-corrected chi connectivity index (χ3v) is 4.76. The van der Waals surface area contributed by atoms with Gasteiger partial charge in [-0.15, -0.1) is 0 Å². The summed E-state index contributed by atoms with van der Waals surface area (Å²) in [4.78, 5) is 29.3. The maximum absolute atomic E-state index is 10.0. The third-order valence-electron chi connectivity index (χ3n) is 3.62. The van der Waals surface area contributed by atoms with Gasteiger partial charge in [-0.25, -0.2) is 0 Å². The minimum absolute atomic E-state index is 0.0509. The second kappa shape index (κ2) is 9.52. The number of carbonyl (C=O) groups excluding carboxylic acids is 2. The molecule has 1 aromatic rings. The fourth-order valence-corrected chi connectivity index (χ4v) is 3.08. The number of benzene rings is 1. The van der Waals surface area contributed by atoms with E-state index in [1.807, 2.05) is 30.3 Å². The Morgan fingerprint density at radius 2 is 1.64 bits per heavy atom. The molecule has 0 aromatic heterocycles. The van der Waals surface area contributed by atoms with Crippen LogP contribution in [0, 0.1) is 5.92 Å². The highest BCUT2D eigenvalue weighted by Gasteiger charge is 2.56. The first-order valence-corrected chi connectivity index (χ1v) is 8.99. The average molecular weight is 369 g/mol. The molecule has 5 N–H and O–H groups in total. The summed E-state index contributed by atoms with van der Waals surface area (Å²) in [5, 5.41) is 10.0. The predicted molar refractivity (Wildman–Crippen MR) is 96.8 cm³/mol. The molecule has 2 amide bonds. The number of hydrogen-bond acceptors (Lipinski definition) is 6. The first-order valence-electron chi connectivity index (χ1n) is 8.09. The summed E-state index contributed by atoms with van der Waals surface area (Å²) in [5.41, 5.74) is 10.5. The molecule has 8 nitrogen and oxygen atoms in total. The Morgan fingerprint density at radius 3 is 2.00 bits per heavy atom. The lowest BCUT2D eigenvalue weighted by Gasteiger charge is -2.31. The molecule has 1 fully saturated rings. The zero-order valence-electron chi connectivity index (χ0n) is 14.8. The van der Waals surface area contributed by atoms with Gasteiger partial charge in [0, 0.05) is 18.5 Å². The second-order valence-corrected chi connectivity index (χ2v) is 7.29. The van der Waals surface area contributed by atoms with Crippen LogP contribution in [0.15, 0.2) is 30.3 Å². The van der Waals surface area contributed by atoms with E-state index in [2.05, 4.69) is 18.4 Å². The zero-order chi connectivity index (χ0) is 19.0. The molecule has 0 bridgehead atoms. The highest BCUT2D eigenvalue weighted by molar-refractivity contribution is 6.18. The zero-order valence-corrected chi connectivity index (χ0v) is 16.8. The number of para-hydroxylation sites is 1. The molecule has 0 unspecified atom stereocenters. The summed E-state index contributed by atoms with van der Waals surface area (Å²) in [6.07, 6.45) is 0.930. The predicted octanol–water partition coefficient (Wildman–Crippen LogP) is -0.467. The van der Waals surface area contributed by atoms with Crippen LogP contribution >= 0.6 is 0 Å². The molecule has 1 saturated heterocycles. The summed E-state index contributed by atoms with van der Waals surface area (Å²) in [6.45, 7) is 4.25. The highest BCUT2D eigenvalue weighted by Crippen LogP contribution is 2.37. The monoisotopic (exact) mass is 369 g/mol. The molecular weight excluding hydrogens is 342 g/mol. The van der Waals surface area contributed by atoms with Gasteiger partial charge in [-0.2, -0.15) is 9.78 Å². The van der Waals surface area contributed by atoms with Crippen LogP contribution < -0.4 is 16.0 Å². The van der Waals surface area contributed by atoms with Crippen LogP contribution in [0.3, 0.4) is 0 Å².